The number of benzene rings is 1. The monoisotopic (exact) mass is 345 g/mol. The van der Waals surface area contributed by atoms with Gasteiger partial charge in [-0.25, -0.2) is 0 Å². The van der Waals surface area contributed by atoms with Crippen molar-refractivity contribution in [3.63, 3.8) is 0 Å². The van der Waals surface area contributed by atoms with Crippen LogP contribution < -0.4 is 10.1 Å². The van der Waals surface area contributed by atoms with E-state index in [1.165, 1.54) is 7.11 Å². The number of ether oxygens (including phenoxy) is 1. The molecule has 0 saturated heterocycles. The van der Waals surface area contributed by atoms with E-state index in [-0.39, 0.29) is 12.4 Å². The molecule has 0 aromatic heterocycles. The maximum absolute atomic E-state index is 9.76. The first kappa shape index (κ1) is 17.3. The number of phenolic OH excluding ortho intramolecular Hbond substituents is 1. The van der Waals surface area contributed by atoms with Gasteiger partial charge in [-0.15, -0.1) is 0 Å². The highest BCUT2D eigenvalue weighted by atomic mass is 79.9. The topological polar surface area (TPSA) is 61.7 Å². The zero-order valence-electron chi connectivity index (χ0n) is 12.2. The van der Waals surface area contributed by atoms with Crippen molar-refractivity contribution >= 4 is 15.9 Å². The third kappa shape index (κ3) is 5.31. The van der Waals surface area contributed by atoms with E-state index in [4.69, 9.17) is 9.84 Å². The molecule has 0 radical (unpaired) electrons. The summed E-state index contributed by atoms with van der Waals surface area (Å²) in [5.74, 6) is 1.10. The lowest BCUT2D eigenvalue weighted by molar-refractivity contribution is 0.248. The molecule has 1 rings (SSSR count). The lowest BCUT2D eigenvalue weighted by Gasteiger charge is -2.16. The third-order valence-corrected chi connectivity index (χ3v) is 3.91. The summed E-state index contributed by atoms with van der Waals surface area (Å²) in [6.45, 7) is 3.99. The second-order valence-electron chi connectivity index (χ2n) is 4.93. The molecule has 0 aliphatic rings. The van der Waals surface area contributed by atoms with Gasteiger partial charge in [-0.1, -0.05) is 13.3 Å². The van der Waals surface area contributed by atoms with E-state index in [2.05, 4.69) is 28.2 Å². The summed E-state index contributed by atoms with van der Waals surface area (Å²) in [6.07, 6.45) is 3.09. The van der Waals surface area contributed by atoms with E-state index in [9.17, 15) is 5.11 Å². The van der Waals surface area contributed by atoms with Gasteiger partial charge in [0.1, 0.15) is 0 Å². The molecule has 0 fully saturated rings. The highest BCUT2D eigenvalue weighted by Crippen LogP contribution is 2.35. The molecule has 0 saturated carbocycles. The van der Waals surface area contributed by atoms with Gasteiger partial charge in [-0.2, -0.15) is 0 Å². The summed E-state index contributed by atoms with van der Waals surface area (Å²) < 4.78 is 5.76. The van der Waals surface area contributed by atoms with Gasteiger partial charge in [-0.3, -0.25) is 0 Å². The minimum Gasteiger partial charge on any atom is -0.503 e. The minimum absolute atomic E-state index is 0.125. The van der Waals surface area contributed by atoms with E-state index < -0.39 is 0 Å². The smallest absolute Gasteiger partial charge is 0.172 e. The Kier molecular flexibility index (Phi) is 7.95. The summed E-state index contributed by atoms with van der Waals surface area (Å²) in [7, 11) is 1.54. The van der Waals surface area contributed by atoms with E-state index in [1.54, 1.807) is 0 Å². The highest BCUT2D eigenvalue weighted by molar-refractivity contribution is 9.10. The van der Waals surface area contributed by atoms with Gasteiger partial charge in [0.15, 0.2) is 11.5 Å². The lowest BCUT2D eigenvalue weighted by Crippen LogP contribution is -2.23. The van der Waals surface area contributed by atoms with Crippen LogP contribution in [0.2, 0.25) is 0 Å². The van der Waals surface area contributed by atoms with Crippen LogP contribution in [0.1, 0.15) is 31.7 Å². The van der Waals surface area contributed by atoms with E-state index in [0.29, 0.717) is 22.7 Å². The molecule has 0 bridgehead atoms. The average molecular weight is 346 g/mol. The Morgan fingerprint density at radius 3 is 2.70 bits per heavy atom. The summed E-state index contributed by atoms with van der Waals surface area (Å²) in [5.41, 5.74) is 1.05. The van der Waals surface area contributed by atoms with E-state index in [1.807, 2.05) is 12.1 Å². The van der Waals surface area contributed by atoms with Crippen molar-refractivity contribution < 1.29 is 14.9 Å². The van der Waals surface area contributed by atoms with Crippen molar-refractivity contribution in [2.45, 2.75) is 32.7 Å². The molecular formula is C15H24BrNO3. The predicted molar refractivity (Wildman–Crippen MR) is 84.2 cm³/mol. The SMILES string of the molecule is CCCC(CCO)CNCc1cc(Br)c(O)c(OC)c1. The van der Waals surface area contributed by atoms with Crippen molar-refractivity contribution in [1.82, 2.24) is 5.32 Å². The first-order chi connectivity index (χ1) is 9.62. The van der Waals surface area contributed by atoms with Gasteiger partial charge in [0, 0.05) is 13.2 Å². The van der Waals surface area contributed by atoms with Crippen LogP contribution >= 0.6 is 15.9 Å². The molecule has 1 aromatic carbocycles. The van der Waals surface area contributed by atoms with Crippen molar-refractivity contribution in [2.75, 3.05) is 20.3 Å². The number of halogens is 1. The Hall–Kier alpha value is -0.780. The Labute approximate surface area is 129 Å². The second-order valence-corrected chi connectivity index (χ2v) is 5.78. The Balaban J connectivity index is 2.54. The average Bonchev–Trinajstić information content (AvgIpc) is 2.43. The Morgan fingerprint density at radius 2 is 2.10 bits per heavy atom. The zero-order valence-corrected chi connectivity index (χ0v) is 13.7. The molecule has 114 valence electrons. The number of aliphatic hydroxyl groups is 1. The van der Waals surface area contributed by atoms with Crippen LogP contribution in [0.5, 0.6) is 11.5 Å². The van der Waals surface area contributed by atoms with Crippen LogP contribution in [0.4, 0.5) is 0 Å². The number of hydrogen-bond acceptors (Lipinski definition) is 4. The fraction of sp³-hybridized carbons (Fsp3) is 0.600. The second kappa shape index (κ2) is 9.21. The summed E-state index contributed by atoms with van der Waals surface area (Å²) in [5, 5.41) is 22.2. The minimum atomic E-state index is 0.125. The summed E-state index contributed by atoms with van der Waals surface area (Å²) in [6, 6.07) is 3.71. The molecule has 4 nitrogen and oxygen atoms in total. The first-order valence-electron chi connectivity index (χ1n) is 6.99. The van der Waals surface area contributed by atoms with Crippen LogP contribution in [0.25, 0.3) is 0 Å². The van der Waals surface area contributed by atoms with Gasteiger partial charge >= 0.3 is 0 Å². The molecule has 1 atom stereocenters. The number of nitrogens with one attached hydrogen (secondary N) is 1. The quantitative estimate of drug-likeness (QED) is 0.643. The van der Waals surface area contributed by atoms with Gasteiger partial charge in [0.2, 0.25) is 0 Å². The van der Waals surface area contributed by atoms with Crippen LogP contribution in [0, 0.1) is 5.92 Å². The number of aromatic hydroxyl groups is 1. The predicted octanol–water partition coefficient (Wildman–Crippen LogP) is 3.05. The van der Waals surface area contributed by atoms with Crippen molar-refractivity contribution in [2.24, 2.45) is 5.92 Å². The van der Waals surface area contributed by atoms with E-state index >= 15 is 0 Å². The lowest BCUT2D eigenvalue weighted by atomic mass is 10.0. The molecule has 0 aliphatic heterocycles. The van der Waals surface area contributed by atoms with Gasteiger partial charge in [0.25, 0.3) is 0 Å². The van der Waals surface area contributed by atoms with Crippen molar-refractivity contribution in [1.29, 1.82) is 0 Å². The molecule has 1 aromatic rings. The van der Waals surface area contributed by atoms with Crippen molar-refractivity contribution in [3.8, 4) is 11.5 Å². The number of hydrogen-bond donors (Lipinski definition) is 3. The van der Waals surface area contributed by atoms with Crippen LogP contribution in [-0.2, 0) is 6.54 Å². The van der Waals surface area contributed by atoms with Crippen LogP contribution in [0.3, 0.4) is 0 Å². The molecule has 0 heterocycles. The fourth-order valence-corrected chi connectivity index (χ4v) is 2.73. The zero-order chi connectivity index (χ0) is 15.0. The molecule has 0 amide bonds. The number of aliphatic hydroxyl groups excluding tert-OH is 1. The van der Waals surface area contributed by atoms with Gasteiger partial charge in [0.05, 0.1) is 11.6 Å². The third-order valence-electron chi connectivity index (χ3n) is 3.30. The molecule has 3 N–H and O–H groups in total. The summed E-state index contributed by atoms with van der Waals surface area (Å²) >= 11 is 3.32. The molecule has 5 heteroatoms. The van der Waals surface area contributed by atoms with Crippen molar-refractivity contribution in [3.05, 3.63) is 22.2 Å². The van der Waals surface area contributed by atoms with E-state index in [0.717, 1.165) is 31.4 Å². The van der Waals surface area contributed by atoms with Crippen LogP contribution in [0.15, 0.2) is 16.6 Å². The van der Waals surface area contributed by atoms with Gasteiger partial charge in [-0.05, 0) is 58.9 Å². The molecule has 1 unspecified atom stereocenters. The van der Waals surface area contributed by atoms with Gasteiger partial charge < -0.3 is 20.3 Å². The molecular weight excluding hydrogens is 322 g/mol. The largest absolute Gasteiger partial charge is 0.503 e. The Bertz CT molecular complexity index is 406. The first-order valence-corrected chi connectivity index (χ1v) is 7.78. The fourth-order valence-electron chi connectivity index (χ4n) is 2.24. The maximum Gasteiger partial charge on any atom is 0.172 e. The molecule has 0 aliphatic carbocycles. The summed E-state index contributed by atoms with van der Waals surface area (Å²) in [4.78, 5) is 0. The molecule has 0 spiro atoms. The standard InChI is InChI=1S/C15H24BrNO3/c1-3-4-11(5-6-18)9-17-10-12-7-13(16)15(19)14(8-12)20-2/h7-8,11,17-19H,3-6,9-10H2,1-2H3. The number of methoxy groups -OCH3 is 1. The Morgan fingerprint density at radius 1 is 1.35 bits per heavy atom. The molecule has 20 heavy (non-hydrogen) atoms. The van der Waals surface area contributed by atoms with Crippen LogP contribution in [-0.4, -0.2) is 30.5 Å². The number of rotatable bonds is 9. The normalized spacial score (nSPS) is 12.4. The maximum atomic E-state index is 9.76. The number of phenols is 1. The highest BCUT2D eigenvalue weighted by Gasteiger charge is 2.10.